The van der Waals surface area contributed by atoms with Crippen LogP contribution in [0.4, 0.5) is 0 Å². The molecule has 0 radical (unpaired) electrons. The first-order valence-electron chi connectivity index (χ1n) is 7.13. The standard InChI is InChI=1S/C16H22N2O/c1-18-11-12(9-13-5-3-4-8-17-13)15-10-14(19-2)6-7-16(15)18/h6-7,10-11,13,17H,3-5,8-9H2,1-2H3. The molecular weight excluding hydrogens is 236 g/mol. The second-order valence-electron chi connectivity index (χ2n) is 5.50. The molecule has 1 atom stereocenters. The van der Waals surface area contributed by atoms with Gasteiger partial charge in [-0.15, -0.1) is 0 Å². The number of aromatic nitrogens is 1. The molecule has 1 N–H and O–H groups in total. The van der Waals surface area contributed by atoms with Gasteiger partial charge < -0.3 is 14.6 Å². The molecule has 1 aromatic carbocycles. The van der Waals surface area contributed by atoms with E-state index in [0.29, 0.717) is 6.04 Å². The van der Waals surface area contributed by atoms with E-state index < -0.39 is 0 Å². The van der Waals surface area contributed by atoms with Crippen LogP contribution in [0.15, 0.2) is 24.4 Å². The number of ether oxygens (including phenoxy) is 1. The van der Waals surface area contributed by atoms with Gasteiger partial charge in [0, 0.05) is 30.2 Å². The summed E-state index contributed by atoms with van der Waals surface area (Å²) in [7, 11) is 3.85. The molecule has 1 aliphatic heterocycles. The fourth-order valence-electron chi connectivity index (χ4n) is 3.11. The third-order valence-electron chi connectivity index (χ3n) is 4.16. The van der Waals surface area contributed by atoms with Gasteiger partial charge in [-0.3, -0.25) is 0 Å². The summed E-state index contributed by atoms with van der Waals surface area (Å²) in [6.45, 7) is 1.17. The van der Waals surface area contributed by atoms with Crippen molar-refractivity contribution in [3.8, 4) is 5.75 Å². The highest BCUT2D eigenvalue weighted by molar-refractivity contribution is 5.85. The summed E-state index contributed by atoms with van der Waals surface area (Å²) in [4.78, 5) is 0. The van der Waals surface area contributed by atoms with Crippen molar-refractivity contribution in [3.63, 3.8) is 0 Å². The molecule has 3 heteroatoms. The van der Waals surface area contributed by atoms with E-state index in [-0.39, 0.29) is 0 Å². The Labute approximate surface area is 114 Å². The lowest BCUT2D eigenvalue weighted by Crippen LogP contribution is -2.35. The zero-order chi connectivity index (χ0) is 13.2. The molecule has 2 heterocycles. The van der Waals surface area contributed by atoms with E-state index in [2.05, 4.69) is 35.3 Å². The SMILES string of the molecule is COc1ccc2c(c1)c(CC1CCCCN1)cn2C. The second-order valence-corrected chi connectivity index (χ2v) is 5.50. The van der Waals surface area contributed by atoms with Gasteiger partial charge in [0.2, 0.25) is 0 Å². The average molecular weight is 258 g/mol. The van der Waals surface area contributed by atoms with Gasteiger partial charge in [-0.05, 0) is 49.6 Å². The zero-order valence-electron chi connectivity index (χ0n) is 11.8. The van der Waals surface area contributed by atoms with Gasteiger partial charge in [0.25, 0.3) is 0 Å². The van der Waals surface area contributed by atoms with E-state index in [1.54, 1.807) is 7.11 Å². The number of hydrogen-bond acceptors (Lipinski definition) is 2. The third kappa shape index (κ3) is 2.47. The molecule has 3 nitrogen and oxygen atoms in total. The van der Waals surface area contributed by atoms with Gasteiger partial charge in [0.05, 0.1) is 7.11 Å². The van der Waals surface area contributed by atoms with Crippen LogP contribution in [0.3, 0.4) is 0 Å². The first-order valence-corrected chi connectivity index (χ1v) is 7.13. The summed E-state index contributed by atoms with van der Waals surface area (Å²) < 4.78 is 7.57. The summed E-state index contributed by atoms with van der Waals surface area (Å²) >= 11 is 0. The Morgan fingerprint density at radius 2 is 2.26 bits per heavy atom. The van der Waals surface area contributed by atoms with Crippen LogP contribution in [0.2, 0.25) is 0 Å². The van der Waals surface area contributed by atoms with Gasteiger partial charge in [-0.1, -0.05) is 6.42 Å². The molecule has 3 rings (SSSR count). The minimum atomic E-state index is 0.630. The smallest absolute Gasteiger partial charge is 0.119 e. The molecule has 1 saturated heterocycles. The first-order chi connectivity index (χ1) is 9.28. The van der Waals surface area contributed by atoms with E-state index in [4.69, 9.17) is 4.74 Å². The minimum absolute atomic E-state index is 0.630. The molecule has 1 aliphatic rings. The molecule has 0 saturated carbocycles. The van der Waals surface area contributed by atoms with Crippen molar-refractivity contribution in [2.75, 3.05) is 13.7 Å². The quantitative estimate of drug-likeness (QED) is 0.916. The predicted octanol–water partition coefficient (Wildman–Crippen LogP) is 2.87. The Balaban J connectivity index is 1.93. The van der Waals surface area contributed by atoms with Crippen molar-refractivity contribution in [1.82, 2.24) is 9.88 Å². The van der Waals surface area contributed by atoms with E-state index in [1.165, 1.54) is 42.3 Å². The minimum Gasteiger partial charge on any atom is -0.497 e. The van der Waals surface area contributed by atoms with E-state index in [9.17, 15) is 0 Å². The normalized spacial score (nSPS) is 19.8. The van der Waals surface area contributed by atoms with Crippen molar-refractivity contribution in [3.05, 3.63) is 30.0 Å². The highest BCUT2D eigenvalue weighted by Gasteiger charge is 2.16. The largest absolute Gasteiger partial charge is 0.497 e. The van der Waals surface area contributed by atoms with Crippen LogP contribution < -0.4 is 10.1 Å². The first kappa shape index (κ1) is 12.5. The number of benzene rings is 1. The van der Waals surface area contributed by atoms with Crippen LogP contribution in [0.1, 0.15) is 24.8 Å². The van der Waals surface area contributed by atoms with Crippen molar-refractivity contribution < 1.29 is 4.74 Å². The second kappa shape index (κ2) is 5.25. The van der Waals surface area contributed by atoms with Crippen LogP contribution in [0, 0.1) is 0 Å². The van der Waals surface area contributed by atoms with Crippen LogP contribution in [0.25, 0.3) is 10.9 Å². The number of piperidine rings is 1. The topological polar surface area (TPSA) is 26.2 Å². The Hall–Kier alpha value is -1.48. The van der Waals surface area contributed by atoms with Gasteiger partial charge in [-0.25, -0.2) is 0 Å². The number of nitrogens with zero attached hydrogens (tertiary/aromatic N) is 1. The molecule has 102 valence electrons. The molecular formula is C16H22N2O. The van der Waals surface area contributed by atoms with E-state index in [1.807, 2.05) is 6.07 Å². The van der Waals surface area contributed by atoms with Crippen molar-refractivity contribution in [2.24, 2.45) is 7.05 Å². The van der Waals surface area contributed by atoms with Gasteiger partial charge in [0.1, 0.15) is 5.75 Å². The predicted molar refractivity (Wildman–Crippen MR) is 78.8 cm³/mol. The van der Waals surface area contributed by atoms with Crippen LogP contribution >= 0.6 is 0 Å². The molecule has 1 unspecified atom stereocenters. The highest BCUT2D eigenvalue weighted by Crippen LogP contribution is 2.27. The molecule has 19 heavy (non-hydrogen) atoms. The Morgan fingerprint density at radius 1 is 1.37 bits per heavy atom. The van der Waals surface area contributed by atoms with Crippen LogP contribution in [-0.2, 0) is 13.5 Å². The summed E-state index contributed by atoms with van der Waals surface area (Å²) in [5.41, 5.74) is 2.71. The van der Waals surface area contributed by atoms with Crippen molar-refractivity contribution in [2.45, 2.75) is 31.7 Å². The monoisotopic (exact) mass is 258 g/mol. The Kier molecular flexibility index (Phi) is 3.47. The zero-order valence-corrected chi connectivity index (χ0v) is 11.8. The van der Waals surface area contributed by atoms with Gasteiger partial charge in [-0.2, -0.15) is 0 Å². The maximum Gasteiger partial charge on any atom is 0.119 e. The number of methoxy groups -OCH3 is 1. The summed E-state index contributed by atoms with van der Waals surface area (Å²) in [5.74, 6) is 0.941. The Bertz CT molecular complexity index is 567. The molecule has 1 aromatic heterocycles. The summed E-state index contributed by atoms with van der Waals surface area (Å²) in [6, 6.07) is 6.97. The fraction of sp³-hybridized carbons (Fsp3) is 0.500. The molecule has 2 aromatic rings. The van der Waals surface area contributed by atoms with Crippen molar-refractivity contribution in [1.29, 1.82) is 0 Å². The lowest BCUT2D eigenvalue weighted by atomic mass is 9.97. The van der Waals surface area contributed by atoms with Crippen LogP contribution in [0.5, 0.6) is 5.75 Å². The number of fused-ring (bicyclic) bond motifs is 1. The highest BCUT2D eigenvalue weighted by atomic mass is 16.5. The lowest BCUT2D eigenvalue weighted by Gasteiger charge is -2.23. The average Bonchev–Trinajstić information content (AvgIpc) is 2.76. The molecule has 0 spiro atoms. The molecule has 0 aliphatic carbocycles. The lowest BCUT2D eigenvalue weighted by molar-refractivity contribution is 0.400. The Morgan fingerprint density at radius 3 is 3.00 bits per heavy atom. The fourth-order valence-corrected chi connectivity index (χ4v) is 3.11. The van der Waals surface area contributed by atoms with Gasteiger partial charge >= 0.3 is 0 Å². The summed E-state index contributed by atoms with van der Waals surface area (Å²) in [5, 5.41) is 4.96. The molecule has 1 fully saturated rings. The number of hydrogen-bond donors (Lipinski definition) is 1. The molecule has 0 amide bonds. The maximum atomic E-state index is 5.35. The van der Waals surface area contributed by atoms with Crippen molar-refractivity contribution >= 4 is 10.9 Å². The maximum absolute atomic E-state index is 5.35. The number of rotatable bonds is 3. The van der Waals surface area contributed by atoms with E-state index >= 15 is 0 Å². The number of nitrogens with one attached hydrogen (secondary N) is 1. The third-order valence-corrected chi connectivity index (χ3v) is 4.16. The summed E-state index contributed by atoms with van der Waals surface area (Å²) in [6.07, 6.45) is 7.34. The van der Waals surface area contributed by atoms with E-state index in [0.717, 1.165) is 12.2 Å². The molecule has 0 bridgehead atoms. The number of aryl methyl sites for hydroxylation is 1. The van der Waals surface area contributed by atoms with Gasteiger partial charge in [0.15, 0.2) is 0 Å². The van der Waals surface area contributed by atoms with Crippen LogP contribution in [-0.4, -0.2) is 24.3 Å².